The van der Waals surface area contributed by atoms with Crippen LogP contribution in [0.3, 0.4) is 0 Å². The maximum absolute atomic E-state index is 10.2. The molecule has 4 heteroatoms. The molecule has 1 N–H and O–H groups in total. The first kappa shape index (κ1) is 7.10. The summed E-state index contributed by atoms with van der Waals surface area (Å²) < 4.78 is 0. The second-order valence-electron chi connectivity index (χ2n) is 1.24. The van der Waals surface area contributed by atoms with Crippen molar-refractivity contribution < 1.29 is 9.59 Å². The van der Waals surface area contributed by atoms with Crippen molar-refractivity contribution in [2.24, 2.45) is 0 Å². The normalized spacial score (nSPS) is 8.25. The number of nitrogens with one attached hydrogen (secondary N) is 1. The van der Waals surface area contributed by atoms with E-state index in [1.54, 1.807) is 7.05 Å². The third-order valence-electron chi connectivity index (χ3n) is 0.767. The summed E-state index contributed by atoms with van der Waals surface area (Å²) in [6.07, 6.45) is 0.247. The average molecular weight is 116 g/mol. The molecule has 0 saturated carbocycles. The average Bonchev–Trinajstić information content (AvgIpc) is 1.84. The molecule has 1 amide bonds. The summed E-state index contributed by atoms with van der Waals surface area (Å²) in [5.41, 5.74) is 2.47. The van der Waals surface area contributed by atoms with Crippen molar-refractivity contribution in [3.05, 3.63) is 0 Å². The third kappa shape index (κ3) is 1.70. The summed E-state index contributed by atoms with van der Waals surface area (Å²) in [4.78, 5) is 19.9. The van der Waals surface area contributed by atoms with E-state index in [4.69, 9.17) is 0 Å². The monoisotopic (exact) mass is 116 g/mol. The van der Waals surface area contributed by atoms with Crippen LogP contribution in [0.2, 0.25) is 0 Å². The Hall–Kier alpha value is -0.900. The molecule has 0 atom stereocenters. The zero-order valence-electron chi connectivity index (χ0n) is 4.84. The number of hydrazine groups is 1. The molecule has 0 saturated heterocycles. The van der Waals surface area contributed by atoms with Crippen LogP contribution >= 0.6 is 0 Å². The Bertz CT molecular complexity index is 102. The molecular weight excluding hydrogens is 108 g/mol. The summed E-state index contributed by atoms with van der Waals surface area (Å²) in [6, 6.07) is 0. The first-order valence-corrected chi connectivity index (χ1v) is 2.12. The zero-order valence-corrected chi connectivity index (χ0v) is 4.84. The highest BCUT2D eigenvalue weighted by Gasteiger charge is 2.00. The van der Waals surface area contributed by atoms with Crippen LogP contribution < -0.4 is 5.43 Å². The van der Waals surface area contributed by atoms with E-state index in [1.807, 2.05) is 0 Å². The van der Waals surface area contributed by atoms with Crippen LogP contribution in [0.5, 0.6) is 0 Å². The third-order valence-corrected chi connectivity index (χ3v) is 0.767. The molecule has 0 aliphatic carbocycles. The summed E-state index contributed by atoms with van der Waals surface area (Å²) in [5, 5.41) is 1.09. The minimum absolute atomic E-state index is 0.247. The Morgan fingerprint density at radius 1 is 1.75 bits per heavy atom. The number of rotatable bonds is 2. The van der Waals surface area contributed by atoms with Crippen LogP contribution in [0.1, 0.15) is 0 Å². The maximum atomic E-state index is 10.2. The SMILES string of the molecule is CNN(C)C(=O)C=O. The standard InChI is InChI=1S/C4H8N2O2/c1-5-6(2)4(8)3-7/h3,5H,1-2H3. The molecule has 0 rings (SSSR count). The molecular formula is C4H8N2O2. The number of amides is 1. The number of carbonyl (C=O) groups is 2. The van der Waals surface area contributed by atoms with E-state index in [2.05, 4.69) is 5.43 Å². The second kappa shape index (κ2) is 3.15. The van der Waals surface area contributed by atoms with E-state index in [-0.39, 0.29) is 6.29 Å². The maximum Gasteiger partial charge on any atom is 0.300 e. The van der Waals surface area contributed by atoms with Gasteiger partial charge in [-0.05, 0) is 0 Å². The number of hydrogen-bond acceptors (Lipinski definition) is 3. The van der Waals surface area contributed by atoms with Crippen molar-refractivity contribution in [2.45, 2.75) is 0 Å². The fourth-order valence-corrected chi connectivity index (χ4v) is 0.189. The number of nitrogens with zero attached hydrogens (tertiary/aromatic N) is 1. The summed E-state index contributed by atoms with van der Waals surface area (Å²) in [7, 11) is 3.03. The quantitative estimate of drug-likeness (QED) is 0.279. The van der Waals surface area contributed by atoms with Crippen LogP contribution in [0.25, 0.3) is 0 Å². The van der Waals surface area contributed by atoms with E-state index >= 15 is 0 Å². The largest absolute Gasteiger partial charge is 0.300 e. The van der Waals surface area contributed by atoms with Crippen molar-refractivity contribution in [3.63, 3.8) is 0 Å². The van der Waals surface area contributed by atoms with E-state index in [9.17, 15) is 9.59 Å². The lowest BCUT2D eigenvalue weighted by molar-refractivity contribution is -0.139. The predicted molar refractivity (Wildman–Crippen MR) is 27.9 cm³/mol. The molecule has 0 unspecified atom stereocenters. The van der Waals surface area contributed by atoms with Gasteiger partial charge in [0.15, 0.2) is 0 Å². The Labute approximate surface area is 47.4 Å². The molecule has 0 heterocycles. The molecule has 4 nitrogen and oxygen atoms in total. The number of carbonyl (C=O) groups excluding carboxylic acids is 2. The highest BCUT2D eigenvalue weighted by Crippen LogP contribution is 1.68. The summed E-state index contributed by atoms with van der Waals surface area (Å²) >= 11 is 0. The first-order valence-electron chi connectivity index (χ1n) is 2.12. The van der Waals surface area contributed by atoms with Crippen molar-refractivity contribution in [1.29, 1.82) is 0 Å². The zero-order chi connectivity index (χ0) is 6.57. The van der Waals surface area contributed by atoms with Gasteiger partial charge in [-0.3, -0.25) is 14.6 Å². The molecule has 8 heavy (non-hydrogen) atoms. The second-order valence-corrected chi connectivity index (χ2v) is 1.24. The van der Waals surface area contributed by atoms with Gasteiger partial charge in [0, 0.05) is 14.1 Å². The predicted octanol–water partition coefficient (Wildman–Crippen LogP) is -1.22. The van der Waals surface area contributed by atoms with Crippen LogP contribution in [0.4, 0.5) is 0 Å². The van der Waals surface area contributed by atoms with Crippen molar-refractivity contribution in [1.82, 2.24) is 10.4 Å². The van der Waals surface area contributed by atoms with Gasteiger partial charge < -0.3 is 0 Å². The Morgan fingerprint density at radius 2 is 2.25 bits per heavy atom. The Balaban J connectivity index is 3.62. The molecule has 0 radical (unpaired) electrons. The minimum Gasteiger partial charge on any atom is -0.292 e. The molecule has 0 spiro atoms. The fraction of sp³-hybridized carbons (Fsp3) is 0.500. The molecule has 0 aromatic heterocycles. The minimum atomic E-state index is -0.576. The molecule has 0 bridgehead atoms. The summed E-state index contributed by atoms with van der Waals surface area (Å²) in [6.45, 7) is 0. The fourth-order valence-electron chi connectivity index (χ4n) is 0.189. The van der Waals surface area contributed by atoms with Crippen molar-refractivity contribution in [3.8, 4) is 0 Å². The van der Waals surface area contributed by atoms with Gasteiger partial charge in [-0.15, -0.1) is 0 Å². The highest BCUT2D eigenvalue weighted by atomic mass is 16.2. The van der Waals surface area contributed by atoms with Crippen LogP contribution in [-0.4, -0.2) is 31.3 Å². The molecule has 0 aromatic rings. The Kier molecular flexibility index (Phi) is 2.79. The number of likely N-dealkylation sites (N-methyl/N-ethyl adjacent to an activating group) is 1. The Morgan fingerprint density at radius 3 is 2.38 bits per heavy atom. The summed E-state index contributed by atoms with van der Waals surface area (Å²) in [5.74, 6) is -0.576. The molecule has 0 aromatic carbocycles. The lowest BCUT2D eigenvalue weighted by atomic mass is 10.7. The van der Waals surface area contributed by atoms with Gasteiger partial charge >= 0.3 is 0 Å². The van der Waals surface area contributed by atoms with E-state index in [0.717, 1.165) is 5.01 Å². The molecule has 0 fully saturated rings. The topological polar surface area (TPSA) is 49.4 Å². The highest BCUT2D eigenvalue weighted by molar-refractivity contribution is 6.23. The van der Waals surface area contributed by atoms with Crippen molar-refractivity contribution >= 4 is 12.2 Å². The first-order chi connectivity index (χ1) is 3.72. The van der Waals surface area contributed by atoms with Gasteiger partial charge in [0.2, 0.25) is 6.29 Å². The van der Waals surface area contributed by atoms with Gasteiger partial charge in [-0.2, -0.15) is 0 Å². The van der Waals surface area contributed by atoms with Gasteiger partial charge in [-0.1, -0.05) is 0 Å². The van der Waals surface area contributed by atoms with Crippen LogP contribution in [0.15, 0.2) is 0 Å². The van der Waals surface area contributed by atoms with E-state index < -0.39 is 5.91 Å². The number of hydrogen-bond donors (Lipinski definition) is 1. The van der Waals surface area contributed by atoms with Gasteiger partial charge in [0.25, 0.3) is 5.91 Å². The molecule has 0 aliphatic rings. The van der Waals surface area contributed by atoms with E-state index in [1.165, 1.54) is 7.05 Å². The smallest absolute Gasteiger partial charge is 0.292 e. The van der Waals surface area contributed by atoms with Crippen molar-refractivity contribution in [2.75, 3.05) is 14.1 Å². The molecule has 46 valence electrons. The molecule has 0 aliphatic heterocycles. The van der Waals surface area contributed by atoms with Gasteiger partial charge in [-0.25, -0.2) is 5.43 Å². The lowest BCUT2D eigenvalue weighted by Gasteiger charge is -2.09. The van der Waals surface area contributed by atoms with Crippen LogP contribution in [0, 0.1) is 0 Å². The van der Waals surface area contributed by atoms with Gasteiger partial charge in [0.05, 0.1) is 0 Å². The number of aldehydes is 1. The lowest BCUT2D eigenvalue weighted by Crippen LogP contribution is -2.37. The van der Waals surface area contributed by atoms with E-state index in [0.29, 0.717) is 0 Å². The van der Waals surface area contributed by atoms with Crippen LogP contribution in [-0.2, 0) is 9.59 Å². The van der Waals surface area contributed by atoms with Gasteiger partial charge in [0.1, 0.15) is 0 Å².